The fourth-order valence-corrected chi connectivity index (χ4v) is 2.10. The monoisotopic (exact) mass is 181 g/mol. The Hall–Kier alpha value is -0.880. The molecule has 0 radical (unpaired) electrons. The van der Waals surface area contributed by atoms with Crippen molar-refractivity contribution in [2.75, 3.05) is 0 Å². The lowest BCUT2D eigenvalue weighted by Crippen LogP contribution is -2.33. The molecule has 0 spiro atoms. The van der Waals surface area contributed by atoms with Gasteiger partial charge in [0, 0.05) is 12.3 Å². The number of nitrogens with zero attached hydrogens (tertiary/aromatic N) is 1. The molecule has 0 aromatic rings. The number of ketones is 1. The summed E-state index contributed by atoms with van der Waals surface area (Å²) in [6.45, 7) is 5.82. The van der Waals surface area contributed by atoms with Crippen molar-refractivity contribution in [2.24, 2.45) is 17.8 Å². The van der Waals surface area contributed by atoms with Crippen molar-refractivity contribution in [3.05, 3.63) is 0 Å². The molecule has 13 heavy (non-hydrogen) atoms. The second kappa shape index (κ2) is 3.12. The molecule has 0 amide bonds. The van der Waals surface area contributed by atoms with Gasteiger partial charge >= 0.3 is 0 Å². The molecule has 2 unspecified atom stereocenters. The van der Waals surface area contributed by atoms with Gasteiger partial charge in [-0.15, -0.1) is 0 Å². The summed E-state index contributed by atoms with van der Waals surface area (Å²) < 4.78 is 0. The summed E-state index contributed by atoms with van der Waals surface area (Å²) in [7, 11) is 0. The van der Waals surface area contributed by atoms with E-state index < -0.39 is 5.60 Å². The minimum absolute atomic E-state index is 0.136. The van der Waals surface area contributed by atoms with E-state index in [-0.39, 0.29) is 17.6 Å². The quantitative estimate of drug-likeness (QED) is 0.617. The molecule has 1 aliphatic rings. The van der Waals surface area contributed by atoms with Gasteiger partial charge in [0.15, 0.2) is 5.78 Å². The lowest BCUT2D eigenvalue weighted by molar-refractivity contribution is -0.131. The number of Topliss-reactive ketones (excluding diaryl/α,β-unsaturated/α-hetero) is 1. The number of carbonyl (C=O) groups excluding carboxylic acids is 1. The smallest absolute Gasteiger partial charge is 0.210 e. The Labute approximate surface area is 78.4 Å². The van der Waals surface area contributed by atoms with Crippen molar-refractivity contribution in [3.63, 3.8) is 0 Å². The molecule has 1 aliphatic carbocycles. The van der Waals surface area contributed by atoms with E-state index in [0.29, 0.717) is 12.3 Å². The molecular weight excluding hydrogens is 166 g/mol. The highest BCUT2D eigenvalue weighted by Gasteiger charge is 2.51. The zero-order valence-corrected chi connectivity index (χ0v) is 8.24. The van der Waals surface area contributed by atoms with Gasteiger partial charge in [-0.2, -0.15) is 5.26 Å². The predicted octanol–water partition coefficient (Wildman–Crippen LogP) is 1.12. The second-order valence-corrected chi connectivity index (χ2v) is 4.24. The molecular formula is C10H15NO2. The van der Waals surface area contributed by atoms with Gasteiger partial charge in [-0.3, -0.25) is 4.79 Å². The first-order valence-corrected chi connectivity index (χ1v) is 4.60. The van der Waals surface area contributed by atoms with Crippen LogP contribution in [-0.2, 0) is 4.79 Å². The van der Waals surface area contributed by atoms with E-state index in [2.05, 4.69) is 0 Å². The zero-order chi connectivity index (χ0) is 10.2. The summed E-state index contributed by atoms with van der Waals surface area (Å²) in [4.78, 5) is 11.5. The van der Waals surface area contributed by atoms with Crippen LogP contribution in [0.4, 0.5) is 0 Å². The average Bonchev–Trinajstić information content (AvgIpc) is 2.31. The fourth-order valence-electron chi connectivity index (χ4n) is 2.10. The SMILES string of the molecule is CC(C)[C@H]1CC(O)(C#N)C(=O)C1C. The Balaban J connectivity index is 2.93. The van der Waals surface area contributed by atoms with Crippen LogP contribution in [0.1, 0.15) is 27.2 Å². The molecule has 0 bridgehead atoms. The van der Waals surface area contributed by atoms with Crippen LogP contribution in [-0.4, -0.2) is 16.5 Å². The number of aliphatic hydroxyl groups is 1. The predicted molar refractivity (Wildman–Crippen MR) is 47.7 cm³/mol. The lowest BCUT2D eigenvalue weighted by Gasteiger charge is -2.17. The third-order valence-electron chi connectivity index (χ3n) is 3.04. The highest BCUT2D eigenvalue weighted by atomic mass is 16.3. The summed E-state index contributed by atoms with van der Waals surface area (Å²) in [6, 6.07) is 1.71. The molecule has 0 aromatic heterocycles. The van der Waals surface area contributed by atoms with Gasteiger partial charge in [0.25, 0.3) is 0 Å². The van der Waals surface area contributed by atoms with Crippen molar-refractivity contribution < 1.29 is 9.90 Å². The van der Waals surface area contributed by atoms with E-state index in [1.807, 2.05) is 13.8 Å². The molecule has 1 N–H and O–H groups in total. The molecule has 0 saturated heterocycles. The largest absolute Gasteiger partial charge is 0.369 e. The minimum Gasteiger partial charge on any atom is -0.369 e. The molecule has 3 atom stereocenters. The van der Waals surface area contributed by atoms with E-state index >= 15 is 0 Å². The van der Waals surface area contributed by atoms with Crippen molar-refractivity contribution in [1.29, 1.82) is 5.26 Å². The Morgan fingerprint density at radius 1 is 1.69 bits per heavy atom. The molecule has 3 heteroatoms. The summed E-state index contributed by atoms with van der Waals surface area (Å²) in [6.07, 6.45) is 0.293. The first-order valence-electron chi connectivity index (χ1n) is 4.60. The van der Waals surface area contributed by atoms with Crippen molar-refractivity contribution in [1.82, 2.24) is 0 Å². The summed E-state index contributed by atoms with van der Waals surface area (Å²) >= 11 is 0. The molecule has 1 saturated carbocycles. The molecule has 0 heterocycles. The summed E-state index contributed by atoms with van der Waals surface area (Å²) in [5.41, 5.74) is -1.71. The maximum Gasteiger partial charge on any atom is 0.210 e. The molecule has 0 aliphatic heterocycles. The summed E-state index contributed by atoms with van der Waals surface area (Å²) in [5, 5.41) is 18.3. The van der Waals surface area contributed by atoms with Crippen LogP contribution in [0.2, 0.25) is 0 Å². The molecule has 1 rings (SSSR count). The van der Waals surface area contributed by atoms with Gasteiger partial charge in [-0.25, -0.2) is 0 Å². The topological polar surface area (TPSA) is 61.1 Å². The van der Waals surface area contributed by atoms with Gasteiger partial charge < -0.3 is 5.11 Å². The van der Waals surface area contributed by atoms with E-state index in [4.69, 9.17) is 5.26 Å². The van der Waals surface area contributed by atoms with Crippen LogP contribution in [0.3, 0.4) is 0 Å². The third kappa shape index (κ3) is 1.47. The van der Waals surface area contributed by atoms with Gasteiger partial charge in [0.2, 0.25) is 5.60 Å². The van der Waals surface area contributed by atoms with Gasteiger partial charge in [-0.1, -0.05) is 20.8 Å². The highest BCUT2D eigenvalue weighted by molar-refractivity contribution is 5.94. The van der Waals surface area contributed by atoms with Crippen LogP contribution in [0, 0.1) is 29.1 Å². The normalized spacial score (nSPS) is 39.5. The number of hydrogen-bond donors (Lipinski definition) is 1. The lowest BCUT2D eigenvalue weighted by atomic mass is 9.87. The second-order valence-electron chi connectivity index (χ2n) is 4.24. The van der Waals surface area contributed by atoms with Crippen molar-refractivity contribution >= 4 is 5.78 Å². The van der Waals surface area contributed by atoms with E-state index in [1.54, 1.807) is 13.0 Å². The van der Waals surface area contributed by atoms with Crippen molar-refractivity contribution in [3.8, 4) is 6.07 Å². The van der Waals surface area contributed by atoms with Crippen LogP contribution < -0.4 is 0 Å². The van der Waals surface area contributed by atoms with Gasteiger partial charge in [-0.05, 0) is 11.8 Å². The number of rotatable bonds is 1. The van der Waals surface area contributed by atoms with Crippen molar-refractivity contribution in [2.45, 2.75) is 32.8 Å². The maximum absolute atomic E-state index is 11.5. The van der Waals surface area contributed by atoms with E-state index in [1.165, 1.54) is 0 Å². The molecule has 3 nitrogen and oxygen atoms in total. The number of hydrogen-bond acceptors (Lipinski definition) is 3. The van der Waals surface area contributed by atoms with Crippen LogP contribution in [0.5, 0.6) is 0 Å². The first kappa shape index (κ1) is 10.2. The first-order chi connectivity index (χ1) is 5.92. The van der Waals surface area contributed by atoms with Gasteiger partial charge in [0.1, 0.15) is 6.07 Å². The highest BCUT2D eigenvalue weighted by Crippen LogP contribution is 2.39. The minimum atomic E-state index is -1.71. The van der Waals surface area contributed by atoms with E-state index in [9.17, 15) is 9.90 Å². The summed E-state index contributed by atoms with van der Waals surface area (Å²) in [5.74, 6) is -0.0307. The Bertz CT molecular complexity index is 267. The number of carbonyl (C=O) groups is 1. The zero-order valence-electron chi connectivity index (χ0n) is 8.24. The molecule has 72 valence electrons. The van der Waals surface area contributed by atoms with Crippen LogP contribution in [0.15, 0.2) is 0 Å². The van der Waals surface area contributed by atoms with Gasteiger partial charge in [0.05, 0.1) is 0 Å². The van der Waals surface area contributed by atoms with E-state index in [0.717, 1.165) is 0 Å². The Morgan fingerprint density at radius 3 is 2.46 bits per heavy atom. The third-order valence-corrected chi connectivity index (χ3v) is 3.04. The molecule has 1 fully saturated rings. The number of nitriles is 1. The Kier molecular flexibility index (Phi) is 2.44. The van der Waals surface area contributed by atoms with Crippen LogP contribution >= 0.6 is 0 Å². The Morgan fingerprint density at radius 2 is 2.23 bits per heavy atom. The standard InChI is InChI=1S/C10H15NO2/c1-6(2)8-4-10(13,5-11)9(12)7(8)3/h6-8,13H,4H2,1-3H3/t7?,8-,10?/m1/s1. The average molecular weight is 181 g/mol. The maximum atomic E-state index is 11.5. The molecule has 0 aromatic carbocycles. The fraction of sp³-hybridized carbons (Fsp3) is 0.800. The van der Waals surface area contributed by atoms with Crippen LogP contribution in [0.25, 0.3) is 0 Å².